The van der Waals surface area contributed by atoms with Crippen molar-refractivity contribution in [2.45, 2.75) is 44.9 Å². The number of esters is 1. The van der Waals surface area contributed by atoms with E-state index < -0.39 is 24.6 Å². The van der Waals surface area contributed by atoms with Gasteiger partial charge in [0.1, 0.15) is 6.04 Å². The maximum Gasteiger partial charge on any atom is 0.390 e. The van der Waals surface area contributed by atoms with E-state index in [1.54, 1.807) is 11.9 Å². The first kappa shape index (κ1) is 18.2. The van der Waals surface area contributed by atoms with Crippen molar-refractivity contribution in [3.05, 3.63) is 0 Å². The SMILES string of the molecule is COC(=O)C(CCN(C)CCC(F)(F)F)NC(C)C. The van der Waals surface area contributed by atoms with Gasteiger partial charge in [0.05, 0.1) is 13.5 Å². The van der Waals surface area contributed by atoms with E-state index >= 15 is 0 Å². The van der Waals surface area contributed by atoms with Crippen LogP contribution in [0.2, 0.25) is 0 Å². The predicted molar refractivity (Wildman–Crippen MR) is 66.9 cm³/mol. The maximum absolute atomic E-state index is 12.1. The van der Waals surface area contributed by atoms with Crippen molar-refractivity contribution in [3.63, 3.8) is 0 Å². The molecule has 19 heavy (non-hydrogen) atoms. The van der Waals surface area contributed by atoms with E-state index in [9.17, 15) is 18.0 Å². The van der Waals surface area contributed by atoms with Crippen LogP contribution in [-0.4, -0.2) is 56.4 Å². The van der Waals surface area contributed by atoms with Gasteiger partial charge in [0.2, 0.25) is 0 Å². The number of nitrogens with one attached hydrogen (secondary N) is 1. The fourth-order valence-corrected chi connectivity index (χ4v) is 1.59. The summed E-state index contributed by atoms with van der Waals surface area (Å²) < 4.78 is 40.8. The van der Waals surface area contributed by atoms with Gasteiger partial charge in [-0.1, -0.05) is 13.8 Å². The number of hydrogen-bond donors (Lipinski definition) is 1. The molecule has 0 aliphatic rings. The van der Waals surface area contributed by atoms with Crippen molar-refractivity contribution in [1.82, 2.24) is 10.2 Å². The fourth-order valence-electron chi connectivity index (χ4n) is 1.59. The molecule has 1 N–H and O–H groups in total. The van der Waals surface area contributed by atoms with Crippen LogP contribution < -0.4 is 5.32 Å². The van der Waals surface area contributed by atoms with E-state index in [0.717, 1.165) is 0 Å². The molecule has 0 amide bonds. The number of carbonyl (C=O) groups is 1. The predicted octanol–water partition coefficient (Wildman–Crippen LogP) is 1.80. The molecule has 0 heterocycles. The summed E-state index contributed by atoms with van der Waals surface area (Å²) in [7, 11) is 2.90. The van der Waals surface area contributed by atoms with E-state index in [0.29, 0.717) is 13.0 Å². The van der Waals surface area contributed by atoms with Gasteiger partial charge in [-0.15, -0.1) is 0 Å². The second kappa shape index (κ2) is 8.37. The first-order valence-electron chi connectivity index (χ1n) is 6.25. The third-order valence-corrected chi connectivity index (χ3v) is 2.60. The highest BCUT2D eigenvalue weighted by Gasteiger charge is 2.27. The third-order valence-electron chi connectivity index (χ3n) is 2.60. The molecular weight excluding hydrogens is 261 g/mol. The molecule has 0 fully saturated rings. The highest BCUT2D eigenvalue weighted by atomic mass is 19.4. The third kappa shape index (κ3) is 9.72. The Morgan fingerprint density at radius 2 is 1.89 bits per heavy atom. The largest absolute Gasteiger partial charge is 0.468 e. The van der Waals surface area contributed by atoms with Gasteiger partial charge >= 0.3 is 12.1 Å². The lowest BCUT2D eigenvalue weighted by Gasteiger charge is -2.23. The Kier molecular flexibility index (Phi) is 8.01. The van der Waals surface area contributed by atoms with Gasteiger partial charge in [-0.2, -0.15) is 13.2 Å². The van der Waals surface area contributed by atoms with Crippen LogP contribution in [0.3, 0.4) is 0 Å². The zero-order valence-corrected chi connectivity index (χ0v) is 11.9. The van der Waals surface area contributed by atoms with E-state index in [4.69, 9.17) is 0 Å². The lowest BCUT2D eigenvalue weighted by atomic mass is 10.1. The smallest absolute Gasteiger partial charge is 0.390 e. The average Bonchev–Trinajstić information content (AvgIpc) is 2.29. The molecule has 4 nitrogen and oxygen atoms in total. The van der Waals surface area contributed by atoms with E-state index in [1.165, 1.54) is 7.11 Å². The standard InChI is InChI=1S/C12H23F3N2O2/c1-9(2)16-10(11(18)19-4)5-7-17(3)8-6-12(13,14)15/h9-10,16H,5-8H2,1-4H3. The Balaban J connectivity index is 4.12. The number of methoxy groups -OCH3 is 1. The molecule has 0 bridgehead atoms. The summed E-state index contributed by atoms with van der Waals surface area (Å²) >= 11 is 0. The van der Waals surface area contributed by atoms with Crippen molar-refractivity contribution in [2.75, 3.05) is 27.2 Å². The summed E-state index contributed by atoms with van der Waals surface area (Å²) in [5.41, 5.74) is 0. The molecule has 0 aliphatic carbocycles. The Morgan fingerprint density at radius 1 is 1.32 bits per heavy atom. The van der Waals surface area contributed by atoms with Crippen molar-refractivity contribution < 1.29 is 22.7 Å². The van der Waals surface area contributed by atoms with Crippen LogP contribution in [0.15, 0.2) is 0 Å². The van der Waals surface area contributed by atoms with Gasteiger partial charge in [-0.3, -0.25) is 4.79 Å². The summed E-state index contributed by atoms with van der Waals surface area (Å²) in [6, 6.07) is -0.386. The Bertz CT molecular complexity index is 270. The van der Waals surface area contributed by atoms with Crippen LogP contribution in [0.25, 0.3) is 0 Å². The van der Waals surface area contributed by atoms with Gasteiger partial charge in [-0.25, -0.2) is 0 Å². The lowest BCUT2D eigenvalue weighted by Crippen LogP contribution is -2.43. The molecule has 0 radical (unpaired) electrons. The minimum atomic E-state index is -4.15. The summed E-state index contributed by atoms with van der Waals surface area (Å²) in [6.45, 7) is 4.11. The van der Waals surface area contributed by atoms with Crippen LogP contribution in [0.5, 0.6) is 0 Å². The molecule has 1 atom stereocenters. The van der Waals surface area contributed by atoms with Crippen LogP contribution in [-0.2, 0) is 9.53 Å². The van der Waals surface area contributed by atoms with Crippen molar-refractivity contribution in [2.24, 2.45) is 0 Å². The highest BCUT2D eigenvalue weighted by Crippen LogP contribution is 2.19. The molecule has 0 aromatic rings. The molecule has 1 unspecified atom stereocenters. The number of halogens is 3. The van der Waals surface area contributed by atoms with Gasteiger partial charge < -0.3 is 15.0 Å². The van der Waals surface area contributed by atoms with E-state index in [2.05, 4.69) is 10.1 Å². The minimum absolute atomic E-state index is 0.0704. The molecule has 0 saturated heterocycles. The monoisotopic (exact) mass is 284 g/mol. The second-order valence-corrected chi connectivity index (χ2v) is 4.85. The molecule has 0 aromatic heterocycles. The highest BCUT2D eigenvalue weighted by molar-refractivity contribution is 5.75. The van der Waals surface area contributed by atoms with Crippen molar-refractivity contribution in [1.29, 1.82) is 0 Å². The number of alkyl halides is 3. The number of carbonyl (C=O) groups excluding carboxylic acids is 1. The summed E-state index contributed by atoms with van der Waals surface area (Å²) in [5.74, 6) is -0.391. The summed E-state index contributed by atoms with van der Waals surface area (Å²) in [5, 5.41) is 3.03. The Morgan fingerprint density at radius 3 is 2.32 bits per heavy atom. The van der Waals surface area contributed by atoms with Gasteiger partial charge in [0.15, 0.2) is 0 Å². The second-order valence-electron chi connectivity index (χ2n) is 4.85. The normalized spacial score (nSPS) is 13.9. The maximum atomic E-state index is 12.1. The van der Waals surface area contributed by atoms with Crippen LogP contribution in [0, 0.1) is 0 Å². The Labute approximate surface area is 112 Å². The molecule has 7 heteroatoms. The molecule has 0 spiro atoms. The van der Waals surface area contributed by atoms with Gasteiger partial charge in [0.25, 0.3) is 0 Å². The topological polar surface area (TPSA) is 41.6 Å². The molecule has 0 aromatic carbocycles. The summed E-state index contributed by atoms with van der Waals surface area (Å²) in [4.78, 5) is 13.1. The van der Waals surface area contributed by atoms with Crippen molar-refractivity contribution in [3.8, 4) is 0 Å². The van der Waals surface area contributed by atoms with E-state index in [1.807, 2.05) is 13.8 Å². The molecule has 0 aliphatic heterocycles. The Hall–Kier alpha value is -0.820. The quantitative estimate of drug-likeness (QED) is 0.690. The van der Waals surface area contributed by atoms with Crippen LogP contribution in [0.1, 0.15) is 26.7 Å². The first-order valence-corrected chi connectivity index (χ1v) is 6.25. The van der Waals surface area contributed by atoms with Gasteiger partial charge in [0, 0.05) is 12.6 Å². The summed E-state index contributed by atoms with van der Waals surface area (Å²) in [6.07, 6.45) is -4.57. The lowest BCUT2D eigenvalue weighted by molar-refractivity contribution is -0.144. The van der Waals surface area contributed by atoms with Gasteiger partial charge in [-0.05, 0) is 20.0 Å². The molecule has 0 saturated carbocycles. The van der Waals surface area contributed by atoms with Crippen LogP contribution in [0.4, 0.5) is 13.2 Å². The molecule has 0 rings (SSSR count). The number of ether oxygens (including phenoxy) is 1. The number of rotatable bonds is 8. The molecule has 114 valence electrons. The van der Waals surface area contributed by atoms with E-state index in [-0.39, 0.29) is 12.6 Å². The van der Waals surface area contributed by atoms with Crippen LogP contribution >= 0.6 is 0 Å². The average molecular weight is 284 g/mol. The minimum Gasteiger partial charge on any atom is -0.468 e. The number of nitrogens with zero attached hydrogens (tertiary/aromatic N) is 1. The molecular formula is C12H23F3N2O2. The zero-order chi connectivity index (χ0) is 15.1. The fraction of sp³-hybridized carbons (Fsp3) is 0.917. The number of hydrogen-bond acceptors (Lipinski definition) is 4. The zero-order valence-electron chi connectivity index (χ0n) is 11.9. The first-order chi connectivity index (χ1) is 8.65. The van der Waals surface area contributed by atoms with Crippen molar-refractivity contribution >= 4 is 5.97 Å².